The predicted octanol–water partition coefficient (Wildman–Crippen LogP) is 2.65. The van der Waals surface area contributed by atoms with Gasteiger partial charge in [0.2, 0.25) is 0 Å². The number of hydrogen-bond donors (Lipinski definition) is 0. The van der Waals surface area contributed by atoms with Gasteiger partial charge < -0.3 is 0 Å². The van der Waals surface area contributed by atoms with E-state index in [1.807, 2.05) is 6.07 Å². The van der Waals surface area contributed by atoms with Crippen molar-refractivity contribution in [2.75, 3.05) is 5.75 Å². The Labute approximate surface area is 92.1 Å². The minimum atomic E-state index is -3.59. The minimum Gasteiger partial charge on any atom is -0.207 e. The van der Waals surface area contributed by atoms with Crippen molar-refractivity contribution in [2.45, 2.75) is 22.6 Å². The Balaban J connectivity index is 2.62. The molecule has 76 valence electrons. The molecule has 0 N–H and O–H groups in total. The average Bonchev–Trinajstić information content (AvgIpc) is 2.15. The molecule has 0 unspecified atom stereocenters. The lowest BCUT2D eigenvalue weighted by molar-refractivity contribution is 0.607. The van der Waals surface area contributed by atoms with Gasteiger partial charge >= 0.3 is 0 Å². The molecule has 0 saturated heterocycles. The molecule has 1 heterocycles. The van der Waals surface area contributed by atoms with Crippen molar-refractivity contribution in [3.8, 4) is 0 Å². The van der Waals surface area contributed by atoms with E-state index in [0.29, 0.717) is 0 Å². The predicted molar refractivity (Wildman–Crippen MR) is 58.5 cm³/mol. The molecule has 0 saturated carbocycles. The Bertz CT molecular complexity index is 454. The first kappa shape index (κ1) is 10.3. The number of hydrogen-bond acceptors (Lipinski definition) is 3. The third-order valence-electron chi connectivity index (χ3n) is 2.18. The summed E-state index contributed by atoms with van der Waals surface area (Å²) in [5, 5.41) is 0. The Kier molecular flexibility index (Phi) is 2.77. The summed E-state index contributed by atoms with van der Waals surface area (Å²) >= 11 is 1.70. The summed E-state index contributed by atoms with van der Waals surface area (Å²) in [6.07, 6.45) is 1.82. The molecule has 2 nitrogen and oxygen atoms in total. The van der Waals surface area contributed by atoms with Gasteiger partial charge in [-0.3, -0.25) is 0 Å². The Morgan fingerprint density at radius 3 is 2.86 bits per heavy atom. The van der Waals surface area contributed by atoms with E-state index in [9.17, 15) is 8.42 Å². The zero-order valence-corrected chi connectivity index (χ0v) is 9.75. The van der Waals surface area contributed by atoms with Crippen LogP contribution in [-0.4, -0.2) is 14.2 Å². The normalized spacial score (nSPS) is 16.4. The second-order valence-corrected chi connectivity index (χ2v) is 6.79. The van der Waals surface area contributed by atoms with E-state index in [0.717, 1.165) is 29.1 Å². The molecule has 0 spiro atoms. The van der Waals surface area contributed by atoms with Crippen molar-refractivity contribution in [2.24, 2.45) is 0 Å². The van der Waals surface area contributed by atoms with E-state index in [1.54, 1.807) is 23.9 Å². The topological polar surface area (TPSA) is 34.1 Å². The van der Waals surface area contributed by atoms with Gasteiger partial charge in [-0.25, -0.2) is 8.42 Å². The second-order valence-electron chi connectivity index (χ2n) is 3.12. The van der Waals surface area contributed by atoms with Crippen molar-refractivity contribution < 1.29 is 8.42 Å². The molecular formula is C9H9ClO2S2. The molecule has 1 aromatic carbocycles. The maximum Gasteiger partial charge on any atom is 0.261 e. The molecule has 1 aliphatic heterocycles. The van der Waals surface area contributed by atoms with Gasteiger partial charge in [0.25, 0.3) is 9.05 Å². The van der Waals surface area contributed by atoms with Gasteiger partial charge in [0.15, 0.2) is 0 Å². The maximum atomic E-state index is 11.3. The fourth-order valence-corrected chi connectivity index (χ4v) is 3.90. The van der Waals surface area contributed by atoms with E-state index in [4.69, 9.17) is 10.7 Å². The molecule has 0 fully saturated rings. The van der Waals surface area contributed by atoms with Crippen LogP contribution in [0.5, 0.6) is 0 Å². The van der Waals surface area contributed by atoms with Crippen molar-refractivity contribution >= 4 is 31.5 Å². The average molecular weight is 249 g/mol. The molecule has 0 atom stereocenters. The van der Waals surface area contributed by atoms with Crippen molar-refractivity contribution in [3.05, 3.63) is 23.8 Å². The van der Waals surface area contributed by atoms with E-state index in [-0.39, 0.29) is 4.90 Å². The second kappa shape index (κ2) is 3.76. The first-order valence-electron chi connectivity index (χ1n) is 4.28. The lowest BCUT2D eigenvalue weighted by Crippen LogP contribution is -2.04. The molecule has 1 aromatic rings. The molecule has 0 aromatic heterocycles. The smallest absolute Gasteiger partial charge is 0.207 e. The lowest BCUT2D eigenvalue weighted by atomic mass is 10.1. The lowest BCUT2D eigenvalue weighted by Gasteiger charge is -2.16. The molecule has 0 bridgehead atoms. The maximum absolute atomic E-state index is 11.3. The standard InChI is InChI=1S/C9H9ClO2S2/c10-14(11,12)9-5-1-4-8-7(9)3-2-6-13-8/h1,4-5H,2-3,6H2. The Hall–Kier alpha value is -0.190. The van der Waals surface area contributed by atoms with Gasteiger partial charge in [0.05, 0.1) is 4.90 Å². The van der Waals surface area contributed by atoms with Crippen LogP contribution in [0.1, 0.15) is 12.0 Å². The molecule has 1 aliphatic rings. The molecule has 5 heteroatoms. The first-order valence-corrected chi connectivity index (χ1v) is 7.58. The van der Waals surface area contributed by atoms with Crippen LogP contribution >= 0.6 is 22.4 Å². The fraction of sp³-hybridized carbons (Fsp3) is 0.333. The van der Waals surface area contributed by atoms with E-state index >= 15 is 0 Å². The number of rotatable bonds is 1. The van der Waals surface area contributed by atoms with Crippen molar-refractivity contribution in [1.29, 1.82) is 0 Å². The number of thioether (sulfide) groups is 1. The van der Waals surface area contributed by atoms with E-state index in [1.165, 1.54) is 0 Å². The zero-order valence-electron chi connectivity index (χ0n) is 7.36. The largest absolute Gasteiger partial charge is 0.261 e. The van der Waals surface area contributed by atoms with Crippen molar-refractivity contribution in [3.63, 3.8) is 0 Å². The van der Waals surface area contributed by atoms with Crippen LogP contribution in [0.3, 0.4) is 0 Å². The summed E-state index contributed by atoms with van der Waals surface area (Å²) in [5.74, 6) is 1.05. The third kappa shape index (κ3) is 1.92. The van der Waals surface area contributed by atoms with Crippen molar-refractivity contribution in [1.82, 2.24) is 0 Å². The summed E-state index contributed by atoms with van der Waals surface area (Å²) < 4.78 is 22.5. The molecule has 2 rings (SSSR count). The van der Waals surface area contributed by atoms with Crippen LogP contribution < -0.4 is 0 Å². The molecule has 0 aliphatic carbocycles. The van der Waals surface area contributed by atoms with Gasteiger partial charge in [-0.15, -0.1) is 11.8 Å². The summed E-state index contributed by atoms with van der Waals surface area (Å²) in [4.78, 5) is 1.34. The Morgan fingerprint density at radius 1 is 1.36 bits per heavy atom. The van der Waals surface area contributed by atoms with E-state index in [2.05, 4.69) is 0 Å². The molecule has 0 amide bonds. The highest BCUT2D eigenvalue weighted by molar-refractivity contribution is 8.13. The first-order chi connectivity index (χ1) is 6.59. The van der Waals surface area contributed by atoms with Crippen LogP contribution in [0.25, 0.3) is 0 Å². The van der Waals surface area contributed by atoms with E-state index < -0.39 is 9.05 Å². The highest BCUT2D eigenvalue weighted by atomic mass is 35.7. The van der Waals surface area contributed by atoms with Crippen LogP contribution in [0.4, 0.5) is 0 Å². The number of benzene rings is 1. The van der Waals surface area contributed by atoms with Gasteiger partial charge in [0, 0.05) is 15.6 Å². The van der Waals surface area contributed by atoms with Gasteiger partial charge in [-0.2, -0.15) is 0 Å². The molecule has 0 radical (unpaired) electrons. The molecular weight excluding hydrogens is 240 g/mol. The van der Waals surface area contributed by atoms with Crippen LogP contribution in [-0.2, 0) is 15.5 Å². The van der Waals surface area contributed by atoms with Crippen LogP contribution in [0.2, 0.25) is 0 Å². The highest BCUT2D eigenvalue weighted by Gasteiger charge is 2.20. The Morgan fingerprint density at radius 2 is 2.14 bits per heavy atom. The van der Waals surface area contributed by atoms with Gasteiger partial charge in [0.1, 0.15) is 0 Å². The van der Waals surface area contributed by atoms with Gasteiger partial charge in [-0.1, -0.05) is 6.07 Å². The summed E-state index contributed by atoms with van der Waals surface area (Å²) in [6.45, 7) is 0. The third-order valence-corrected chi connectivity index (χ3v) is 4.77. The van der Waals surface area contributed by atoms with Gasteiger partial charge in [-0.05, 0) is 36.3 Å². The summed E-state index contributed by atoms with van der Waals surface area (Å²) in [5.41, 5.74) is 0.888. The van der Waals surface area contributed by atoms with Crippen LogP contribution in [0, 0.1) is 0 Å². The SMILES string of the molecule is O=S(=O)(Cl)c1cccc2c1CCCS2. The number of fused-ring (bicyclic) bond motifs is 1. The monoisotopic (exact) mass is 248 g/mol. The minimum absolute atomic E-state index is 0.281. The fourth-order valence-electron chi connectivity index (χ4n) is 1.59. The molecule has 14 heavy (non-hydrogen) atoms. The summed E-state index contributed by atoms with van der Waals surface area (Å²) in [6, 6.07) is 5.27. The number of halogens is 1. The quantitative estimate of drug-likeness (QED) is 0.717. The zero-order chi connectivity index (χ0) is 10.2. The van der Waals surface area contributed by atoms with Crippen LogP contribution in [0.15, 0.2) is 28.0 Å². The summed E-state index contributed by atoms with van der Waals surface area (Å²) in [7, 11) is 1.77. The highest BCUT2D eigenvalue weighted by Crippen LogP contribution is 2.34.